The molecule has 0 bridgehead atoms. The van der Waals surface area contributed by atoms with Crippen molar-refractivity contribution in [2.75, 3.05) is 5.43 Å². The molecule has 8 heteroatoms. The molecule has 0 aliphatic carbocycles. The number of halogens is 1. The van der Waals surface area contributed by atoms with Crippen molar-refractivity contribution in [3.8, 4) is 0 Å². The summed E-state index contributed by atoms with van der Waals surface area (Å²) in [5.74, 6) is 8.85. The van der Waals surface area contributed by atoms with Gasteiger partial charge in [0.1, 0.15) is 11.4 Å². The topological polar surface area (TPSA) is 115 Å². The standard InChI is InChI=1S/C12H14FN5O2/c1-2-18-5-7(12(20)17-15)11(19)6-3-8(13)9(16-14)4-10(6)18/h3-5,16H,2,14-15H2,1H3,(H,17,20). The van der Waals surface area contributed by atoms with Crippen LogP contribution in [0.1, 0.15) is 17.3 Å². The molecule has 0 unspecified atom stereocenters. The molecular formula is C12H14FN5O2. The molecule has 106 valence electrons. The first-order chi connectivity index (χ1) is 9.53. The van der Waals surface area contributed by atoms with Crippen LogP contribution in [0.25, 0.3) is 10.9 Å². The van der Waals surface area contributed by atoms with E-state index >= 15 is 0 Å². The minimum absolute atomic E-state index is 0.0649. The van der Waals surface area contributed by atoms with Crippen LogP contribution in [0.3, 0.4) is 0 Å². The van der Waals surface area contributed by atoms with Crippen molar-refractivity contribution in [1.82, 2.24) is 9.99 Å². The van der Waals surface area contributed by atoms with Crippen LogP contribution in [0.15, 0.2) is 23.1 Å². The van der Waals surface area contributed by atoms with Crippen LogP contribution in [-0.2, 0) is 6.54 Å². The molecule has 1 heterocycles. The highest BCUT2D eigenvalue weighted by molar-refractivity contribution is 5.97. The number of hydrogen-bond donors (Lipinski definition) is 4. The van der Waals surface area contributed by atoms with Gasteiger partial charge in [0, 0.05) is 18.1 Å². The zero-order valence-corrected chi connectivity index (χ0v) is 10.7. The quantitative estimate of drug-likeness (QED) is 0.360. The van der Waals surface area contributed by atoms with E-state index in [2.05, 4.69) is 5.43 Å². The number of nitrogens with zero attached hydrogens (tertiary/aromatic N) is 1. The second-order valence-electron chi connectivity index (χ2n) is 4.12. The fourth-order valence-electron chi connectivity index (χ4n) is 2.02. The van der Waals surface area contributed by atoms with E-state index in [1.165, 1.54) is 12.3 Å². The summed E-state index contributed by atoms with van der Waals surface area (Å²) in [6.45, 7) is 2.31. The average molecular weight is 279 g/mol. The number of nitrogen functional groups attached to an aromatic ring is 2. The number of pyridine rings is 1. The van der Waals surface area contributed by atoms with Gasteiger partial charge in [-0.2, -0.15) is 0 Å². The van der Waals surface area contributed by atoms with Crippen LogP contribution in [0.4, 0.5) is 10.1 Å². The lowest BCUT2D eigenvalue weighted by atomic mass is 10.1. The summed E-state index contributed by atoms with van der Waals surface area (Å²) in [6, 6.07) is 2.46. The highest BCUT2D eigenvalue weighted by atomic mass is 19.1. The van der Waals surface area contributed by atoms with Gasteiger partial charge in [-0.3, -0.25) is 20.9 Å². The van der Waals surface area contributed by atoms with Gasteiger partial charge in [-0.15, -0.1) is 0 Å². The van der Waals surface area contributed by atoms with Gasteiger partial charge in [-0.25, -0.2) is 10.2 Å². The maximum atomic E-state index is 13.7. The Kier molecular flexibility index (Phi) is 3.68. The van der Waals surface area contributed by atoms with E-state index in [9.17, 15) is 14.0 Å². The van der Waals surface area contributed by atoms with E-state index in [1.807, 2.05) is 12.3 Å². The molecule has 1 aromatic carbocycles. The number of benzene rings is 1. The Morgan fingerprint density at radius 3 is 2.65 bits per heavy atom. The zero-order chi connectivity index (χ0) is 14.9. The summed E-state index contributed by atoms with van der Waals surface area (Å²) in [6.07, 6.45) is 1.38. The van der Waals surface area contributed by atoms with Gasteiger partial charge in [0.2, 0.25) is 5.43 Å². The number of nitrogens with one attached hydrogen (secondary N) is 2. The number of anilines is 1. The molecule has 0 fully saturated rings. The Hall–Kier alpha value is -2.45. The zero-order valence-electron chi connectivity index (χ0n) is 10.7. The molecule has 0 radical (unpaired) electrons. The van der Waals surface area contributed by atoms with Crippen molar-refractivity contribution in [2.24, 2.45) is 11.7 Å². The number of carbonyl (C=O) groups is 1. The highest BCUT2D eigenvalue weighted by Gasteiger charge is 2.16. The van der Waals surface area contributed by atoms with Crippen molar-refractivity contribution in [1.29, 1.82) is 0 Å². The lowest BCUT2D eigenvalue weighted by Gasteiger charge is -2.12. The summed E-state index contributed by atoms with van der Waals surface area (Å²) < 4.78 is 15.4. The third-order valence-corrected chi connectivity index (χ3v) is 3.04. The van der Waals surface area contributed by atoms with Crippen LogP contribution in [0.5, 0.6) is 0 Å². The minimum Gasteiger partial charge on any atom is -0.347 e. The first-order valence-corrected chi connectivity index (χ1v) is 5.87. The normalized spacial score (nSPS) is 10.6. The van der Waals surface area contributed by atoms with Crippen LogP contribution >= 0.6 is 0 Å². The van der Waals surface area contributed by atoms with E-state index < -0.39 is 17.2 Å². The fourth-order valence-corrected chi connectivity index (χ4v) is 2.02. The van der Waals surface area contributed by atoms with Gasteiger partial charge < -0.3 is 9.99 Å². The number of amides is 1. The number of nitrogens with two attached hydrogens (primary N) is 2. The lowest BCUT2D eigenvalue weighted by molar-refractivity contribution is 0.0952. The molecule has 6 N–H and O–H groups in total. The first kappa shape index (κ1) is 14.0. The van der Waals surface area contributed by atoms with Gasteiger partial charge >= 0.3 is 0 Å². The predicted octanol–water partition coefficient (Wildman–Crippen LogP) is 0.0496. The summed E-state index contributed by atoms with van der Waals surface area (Å²) in [5, 5.41) is 0.0875. The first-order valence-electron chi connectivity index (χ1n) is 5.87. The van der Waals surface area contributed by atoms with Crippen molar-refractivity contribution < 1.29 is 9.18 Å². The summed E-state index contributed by atoms with van der Waals surface area (Å²) in [5.41, 5.74) is 3.92. The maximum absolute atomic E-state index is 13.7. The van der Waals surface area contributed by atoms with E-state index in [4.69, 9.17) is 11.7 Å². The molecule has 0 atom stereocenters. The van der Waals surface area contributed by atoms with Gasteiger partial charge in [0.25, 0.3) is 5.91 Å². The molecule has 20 heavy (non-hydrogen) atoms. The Morgan fingerprint density at radius 2 is 2.10 bits per heavy atom. The molecule has 0 saturated carbocycles. The van der Waals surface area contributed by atoms with Crippen molar-refractivity contribution >= 4 is 22.5 Å². The molecule has 1 amide bonds. The predicted molar refractivity (Wildman–Crippen MR) is 73.3 cm³/mol. The smallest absolute Gasteiger partial charge is 0.270 e. The number of aryl methyl sites for hydroxylation is 1. The van der Waals surface area contributed by atoms with E-state index in [0.717, 1.165) is 6.07 Å². The number of carbonyl (C=O) groups excluding carboxylic acids is 1. The van der Waals surface area contributed by atoms with Crippen LogP contribution in [0, 0.1) is 5.82 Å². The maximum Gasteiger partial charge on any atom is 0.270 e. The van der Waals surface area contributed by atoms with Crippen molar-refractivity contribution in [2.45, 2.75) is 13.5 Å². The Bertz CT molecular complexity index is 741. The number of hydrazine groups is 2. The third-order valence-electron chi connectivity index (χ3n) is 3.04. The van der Waals surface area contributed by atoms with Gasteiger partial charge in [-0.05, 0) is 19.1 Å². The third kappa shape index (κ3) is 2.10. The Balaban J connectivity index is 2.89. The average Bonchev–Trinajstić information content (AvgIpc) is 2.47. The number of hydrogen-bond acceptors (Lipinski definition) is 5. The number of fused-ring (bicyclic) bond motifs is 1. The molecule has 1 aromatic heterocycles. The largest absolute Gasteiger partial charge is 0.347 e. The van der Waals surface area contributed by atoms with Crippen LogP contribution < -0.4 is 28.0 Å². The molecule has 7 nitrogen and oxygen atoms in total. The fraction of sp³-hybridized carbons (Fsp3) is 0.167. The van der Waals surface area contributed by atoms with Crippen molar-refractivity contribution in [3.05, 3.63) is 39.9 Å². The summed E-state index contributed by atoms with van der Waals surface area (Å²) in [4.78, 5) is 23.8. The second-order valence-corrected chi connectivity index (χ2v) is 4.12. The minimum atomic E-state index is -0.722. The SMILES string of the molecule is CCn1cc(C(=O)NN)c(=O)c2cc(F)c(NN)cc21. The van der Waals surface area contributed by atoms with Crippen LogP contribution in [-0.4, -0.2) is 10.5 Å². The monoisotopic (exact) mass is 279 g/mol. The molecular weight excluding hydrogens is 265 g/mol. The summed E-state index contributed by atoms with van der Waals surface area (Å²) >= 11 is 0. The van der Waals surface area contributed by atoms with E-state index in [1.54, 1.807) is 4.57 Å². The molecule has 0 saturated heterocycles. The molecule has 0 aliphatic heterocycles. The van der Waals surface area contributed by atoms with Gasteiger partial charge in [0.05, 0.1) is 11.2 Å². The van der Waals surface area contributed by atoms with Gasteiger partial charge in [0.15, 0.2) is 0 Å². The molecule has 0 aliphatic rings. The Labute approximate surface area is 113 Å². The summed E-state index contributed by atoms with van der Waals surface area (Å²) in [7, 11) is 0. The lowest BCUT2D eigenvalue weighted by Crippen LogP contribution is -2.34. The van der Waals surface area contributed by atoms with Crippen LogP contribution in [0.2, 0.25) is 0 Å². The molecule has 2 rings (SSSR count). The van der Waals surface area contributed by atoms with Gasteiger partial charge in [-0.1, -0.05) is 0 Å². The van der Waals surface area contributed by atoms with E-state index in [0.29, 0.717) is 12.1 Å². The molecule has 0 spiro atoms. The number of aromatic nitrogens is 1. The second kappa shape index (κ2) is 5.27. The van der Waals surface area contributed by atoms with Crippen molar-refractivity contribution in [3.63, 3.8) is 0 Å². The number of rotatable bonds is 3. The highest BCUT2D eigenvalue weighted by Crippen LogP contribution is 2.21. The Morgan fingerprint density at radius 1 is 1.40 bits per heavy atom. The van der Waals surface area contributed by atoms with E-state index in [-0.39, 0.29) is 16.6 Å². The molecule has 2 aromatic rings.